The van der Waals surface area contributed by atoms with Crippen LogP contribution in [-0.4, -0.2) is 26.1 Å². The van der Waals surface area contributed by atoms with Crippen molar-refractivity contribution >= 4 is 16.9 Å². The van der Waals surface area contributed by atoms with Crippen molar-refractivity contribution in [2.75, 3.05) is 0 Å². The minimum Gasteiger partial charge on any atom is -0.369 e. The summed E-state index contributed by atoms with van der Waals surface area (Å²) < 4.78 is 0. The van der Waals surface area contributed by atoms with Gasteiger partial charge in [0.2, 0.25) is 5.91 Å². The molecule has 1 saturated carbocycles. The first-order chi connectivity index (χ1) is 7.72. The normalized spacial score (nSPS) is 17.2. The number of primary amides is 1. The van der Waals surface area contributed by atoms with Crippen LogP contribution in [0.1, 0.15) is 18.5 Å². The molecule has 80 valence electrons. The summed E-state index contributed by atoms with van der Waals surface area (Å²) in [6.45, 7) is 0. The van der Waals surface area contributed by atoms with Gasteiger partial charge in [-0.3, -0.25) is 4.79 Å². The Balaban J connectivity index is 2.16. The number of hydrogen-bond donors (Lipinski definition) is 1. The topological polar surface area (TPSA) is 94.7 Å². The van der Waals surface area contributed by atoms with E-state index in [1.54, 1.807) is 12.3 Å². The van der Waals surface area contributed by atoms with Crippen LogP contribution in [0.3, 0.4) is 0 Å². The molecular formula is C10H9N5O. The molecule has 1 fully saturated rings. The summed E-state index contributed by atoms with van der Waals surface area (Å²) >= 11 is 0. The fourth-order valence-corrected chi connectivity index (χ4v) is 1.77. The number of nitrogens with zero attached hydrogens (tertiary/aromatic N) is 4. The molecule has 6 nitrogen and oxygen atoms in total. The molecule has 0 radical (unpaired) electrons. The standard InChI is InChI=1S/C10H9N5O/c11-9(16)10(1-2-10)8-3-6-7(14-15-8)4-12-5-13-6/h3-5H,1-2H2,(H2,11,16). The second-order valence-corrected chi connectivity index (χ2v) is 3.97. The van der Waals surface area contributed by atoms with E-state index in [9.17, 15) is 4.79 Å². The van der Waals surface area contributed by atoms with Gasteiger partial charge in [-0.25, -0.2) is 9.97 Å². The third-order valence-electron chi connectivity index (χ3n) is 2.97. The zero-order chi connectivity index (χ0) is 11.2. The summed E-state index contributed by atoms with van der Waals surface area (Å²) in [7, 11) is 0. The van der Waals surface area contributed by atoms with Crippen LogP contribution in [-0.2, 0) is 10.2 Å². The first-order valence-corrected chi connectivity index (χ1v) is 4.96. The molecule has 1 aliphatic carbocycles. The second-order valence-electron chi connectivity index (χ2n) is 3.97. The van der Waals surface area contributed by atoms with Gasteiger partial charge >= 0.3 is 0 Å². The first-order valence-electron chi connectivity index (χ1n) is 4.96. The fourth-order valence-electron chi connectivity index (χ4n) is 1.77. The van der Waals surface area contributed by atoms with Gasteiger partial charge in [-0.2, -0.15) is 5.10 Å². The molecule has 1 amide bonds. The van der Waals surface area contributed by atoms with Crippen molar-refractivity contribution in [3.8, 4) is 0 Å². The number of nitrogens with two attached hydrogens (primary N) is 1. The van der Waals surface area contributed by atoms with E-state index in [4.69, 9.17) is 5.73 Å². The van der Waals surface area contributed by atoms with Gasteiger partial charge in [0.25, 0.3) is 0 Å². The lowest BCUT2D eigenvalue weighted by molar-refractivity contribution is -0.120. The van der Waals surface area contributed by atoms with Gasteiger partial charge in [-0.1, -0.05) is 0 Å². The molecule has 0 bridgehead atoms. The van der Waals surface area contributed by atoms with Gasteiger partial charge in [-0.15, -0.1) is 5.10 Å². The van der Waals surface area contributed by atoms with Crippen molar-refractivity contribution in [3.05, 3.63) is 24.3 Å². The highest BCUT2D eigenvalue weighted by Crippen LogP contribution is 2.47. The van der Waals surface area contributed by atoms with Gasteiger partial charge in [0.15, 0.2) is 0 Å². The molecule has 0 spiro atoms. The molecule has 2 aromatic heterocycles. The molecule has 0 atom stereocenters. The van der Waals surface area contributed by atoms with E-state index in [2.05, 4.69) is 20.2 Å². The van der Waals surface area contributed by atoms with Crippen LogP contribution in [0, 0.1) is 0 Å². The molecule has 1 aliphatic rings. The summed E-state index contributed by atoms with van der Waals surface area (Å²) in [6, 6.07) is 1.77. The van der Waals surface area contributed by atoms with Crippen LogP contribution in [0.25, 0.3) is 11.0 Å². The molecule has 0 unspecified atom stereocenters. The number of carbonyl (C=O) groups is 1. The summed E-state index contributed by atoms with van der Waals surface area (Å²) in [5.41, 5.74) is 6.69. The molecule has 0 aromatic carbocycles. The maximum Gasteiger partial charge on any atom is 0.229 e. The zero-order valence-electron chi connectivity index (χ0n) is 8.42. The minimum atomic E-state index is -0.605. The maximum absolute atomic E-state index is 11.3. The molecule has 2 N–H and O–H groups in total. The predicted molar refractivity (Wildman–Crippen MR) is 55.2 cm³/mol. The smallest absolute Gasteiger partial charge is 0.229 e. The van der Waals surface area contributed by atoms with Gasteiger partial charge in [0, 0.05) is 0 Å². The number of hydrogen-bond acceptors (Lipinski definition) is 5. The van der Waals surface area contributed by atoms with Crippen molar-refractivity contribution in [2.24, 2.45) is 5.73 Å². The third kappa shape index (κ3) is 1.16. The number of carbonyl (C=O) groups excluding carboxylic acids is 1. The Morgan fingerprint density at radius 3 is 2.81 bits per heavy atom. The summed E-state index contributed by atoms with van der Waals surface area (Å²) in [5.74, 6) is -0.338. The predicted octanol–water partition coefficient (Wildman–Crippen LogP) is -0.0633. The molecular weight excluding hydrogens is 206 g/mol. The second kappa shape index (κ2) is 2.94. The van der Waals surface area contributed by atoms with E-state index in [1.165, 1.54) is 6.33 Å². The molecule has 16 heavy (non-hydrogen) atoms. The van der Waals surface area contributed by atoms with Crippen LogP contribution in [0.5, 0.6) is 0 Å². The lowest BCUT2D eigenvalue weighted by Gasteiger charge is -2.08. The summed E-state index contributed by atoms with van der Waals surface area (Å²) in [4.78, 5) is 19.3. The fraction of sp³-hybridized carbons (Fsp3) is 0.300. The van der Waals surface area contributed by atoms with Crippen molar-refractivity contribution in [1.29, 1.82) is 0 Å². The SMILES string of the molecule is NC(=O)C1(c2cc3ncncc3nn2)CC1. The van der Waals surface area contributed by atoms with Crippen LogP contribution in [0.4, 0.5) is 0 Å². The average Bonchev–Trinajstić information content (AvgIpc) is 3.09. The van der Waals surface area contributed by atoms with Crippen molar-refractivity contribution in [3.63, 3.8) is 0 Å². The Labute approximate surface area is 90.9 Å². The van der Waals surface area contributed by atoms with Crippen molar-refractivity contribution < 1.29 is 4.79 Å². The molecule has 0 aliphatic heterocycles. The molecule has 6 heteroatoms. The van der Waals surface area contributed by atoms with Crippen molar-refractivity contribution in [1.82, 2.24) is 20.2 Å². The Morgan fingerprint density at radius 1 is 1.31 bits per heavy atom. The Hall–Kier alpha value is -2.11. The molecule has 2 heterocycles. The highest BCUT2D eigenvalue weighted by molar-refractivity contribution is 5.90. The number of rotatable bonds is 2. The lowest BCUT2D eigenvalue weighted by atomic mass is 10.0. The van der Waals surface area contributed by atoms with E-state index in [-0.39, 0.29) is 5.91 Å². The van der Waals surface area contributed by atoms with E-state index in [0.717, 1.165) is 12.8 Å². The van der Waals surface area contributed by atoms with Gasteiger partial charge < -0.3 is 5.73 Å². The minimum absolute atomic E-state index is 0.338. The number of aromatic nitrogens is 4. The van der Waals surface area contributed by atoms with E-state index in [1.807, 2.05) is 0 Å². The Bertz CT molecular complexity index is 578. The van der Waals surface area contributed by atoms with Gasteiger partial charge in [-0.05, 0) is 18.9 Å². The van der Waals surface area contributed by atoms with E-state index < -0.39 is 5.41 Å². The van der Waals surface area contributed by atoms with Crippen molar-refractivity contribution in [2.45, 2.75) is 18.3 Å². The zero-order valence-corrected chi connectivity index (χ0v) is 8.42. The van der Waals surface area contributed by atoms with Crippen LogP contribution in [0.15, 0.2) is 18.6 Å². The number of fused-ring (bicyclic) bond motifs is 1. The Kier molecular flexibility index (Phi) is 1.68. The van der Waals surface area contributed by atoms with Gasteiger partial charge in [0.05, 0.1) is 22.8 Å². The molecule has 3 rings (SSSR count). The number of amides is 1. The van der Waals surface area contributed by atoms with Gasteiger partial charge in [0.1, 0.15) is 11.8 Å². The quantitative estimate of drug-likeness (QED) is 0.757. The molecule has 0 saturated heterocycles. The van der Waals surface area contributed by atoms with Crippen LogP contribution in [0.2, 0.25) is 0 Å². The maximum atomic E-state index is 11.3. The van der Waals surface area contributed by atoms with Crippen LogP contribution < -0.4 is 5.73 Å². The lowest BCUT2D eigenvalue weighted by Crippen LogP contribution is -2.29. The highest BCUT2D eigenvalue weighted by atomic mass is 16.1. The summed E-state index contributed by atoms with van der Waals surface area (Å²) in [5, 5.41) is 8.02. The monoisotopic (exact) mass is 215 g/mol. The third-order valence-corrected chi connectivity index (χ3v) is 2.97. The van der Waals surface area contributed by atoms with Crippen LogP contribution >= 0.6 is 0 Å². The Morgan fingerprint density at radius 2 is 2.12 bits per heavy atom. The van der Waals surface area contributed by atoms with E-state index in [0.29, 0.717) is 16.7 Å². The van der Waals surface area contributed by atoms with E-state index >= 15 is 0 Å². The average molecular weight is 215 g/mol. The largest absolute Gasteiger partial charge is 0.369 e. The molecule has 2 aromatic rings. The first kappa shape index (κ1) is 9.14. The highest BCUT2D eigenvalue weighted by Gasteiger charge is 2.51. The summed E-state index contributed by atoms with van der Waals surface area (Å²) in [6.07, 6.45) is 4.52.